The summed E-state index contributed by atoms with van der Waals surface area (Å²) in [6.07, 6.45) is 1.23. The summed E-state index contributed by atoms with van der Waals surface area (Å²) < 4.78 is 0. The van der Waals surface area contributed by atoms with Gasteiger partial charge in [-0.25, -0.2) is 0 Å². The van der Waals surface area contributed by atoms with Crippen LogP contribution in [0.25, 0.3) is 0 Å². The monoisotopic (exact) mass is 201 g/mol. The molecule has 0 aliphatic rings. The van der Waals surface area contributed by atoms with E-state index in [1.807, 2.05) is 7.05 Å². The highest BCUT2D eigenvalue weighted by Gasteiger charge is 1.64. The van der Waals surface area contributed by atoms with Crippen LogP contribution in [0.4, 0.5) is 0 Å². The first-order valence-corrected chi connectivity index (χ1v) is 2.06. The van der Waals surface area contributed by atoms with Crippen LogP contribution in [0.5, 0.6) is 0 Å². The first-order chi connectivity index (χ1) is 2.41. The normalized spacial score (nSPS) is 7.00. The molecule has 0 rings (SSSR count). The van der Waals surface area contributed by atoms with Gasteiger partial charge in [0.15, 0.2) is 0 Å². The predicted octanol–water partition coefficient (Wildman–Crippen LogP) is 1.23. The lowest BCUT2D eigenvalue weighted by Crippen LogP contribution is -2.04. The largest absolute Gasteiger partial charge is 0.320 e. The van der Waals surface area contributed by atoms with Crippen molar-refractivity contribution in [2.75, 3.05) is 13.6 Å². The molecule has 0 saturated heterocycles. The van der Waals surface area contributed by atoms with Gasteiger partial charge in [-0.15, -0.1) is 24.0 Å². The van der Waals surface area contributed by atoms with Crippen LogP contribution in [0.1, 0.15) is 13.3 Å². The first kappa shape index (κ1) is 9.85. The zero-order valence-electron chi connectivity index (χ0n) is 4.32. The third-order valence-electron chi connectivity index (χ3n) is 0.500. The summed E-state index contributed by atoms with van der Waals surface area (Å²) in [4.78, 5) is 0. The highest BCUT2D eigenvalue weighted by atomic mass is 127. The Kier molecular flexibility index (Phi) is 15.1. The van der Waals surface area contributed by atoms with E-state index >= 15 is 0 Å². The fourth-order valence-electron chi connectivity index (χ4n) is 0.250. The van der Waals surface area contributed by atoms with Gasteiger partial charge in [-0.3, -0.25) is 0 Å². The summed E-state index contributed by atoms with van der Waals surface area (Å²) in [5, 5.41) is 3.02. The zero-order valence-corrected chi connectivity index (χ0v) is 6.65. The van der Waals surface area contributed by atoms with Crippen molar-refractivity contribution in [3.8, 4) is 0 Å². The Bertz CT molecular complexity index is 15.0. The van der Waals surface area contributed by atoms with Crippen molar-refractivity contribution in [3.63, 3.8) is 0 Å². The van der Waals surface area contributed by atoms with Gasteiger partial charge >= 0.3 is 0 Å². The lowest BCUT2D eigenvalue weighted by molar-refractivity contribution is 0.772. The van der Waals surface area contributed by atoms with Crippen LogP contribution >= 0.6 is 24.0 Å². The minimum Gasteiger partial charge on any atom is -0.320 e. The Morgan fingerprint density at radius 1 is 1.50 bits per heavy atom. The molecular formula is C4H12IN. The summed E-state index contributed by atoms with van der Waals surface area (Å²) in [5.74, 6) is 0. The quantitative estimate of drug-likeness (QED) is 0.662. The summed E-state index contributed by atoms with van der Waals surface area (Å²) in [6, 6.07) is 0. The van der Waals surface area contributed by atoms with Crippen molar-refractivity contribution in [1.29, 1.82) is 0 Å². The zero-order chi connectivity index (χ0) is 4.12. The highest BCUT2D eigenvalue weighted by molar-refractivity contribution is 14.0. The molecule has 0 radical (unpaired) electrons. The third kappa shape index (κ3) is 8.83. The van der Waals surface area contributed by atoms with Gasteiger partial charge in [-0.05, 0) is 20.0 Å². The van der Waals surface area contributed by atoms with Crippen LogP contribution in [0.2, 0.25) is 0 Å². The number of nitrogens with one attached hydrogen (secondary N) is 1. The second-order valence-electron chi connectivity index (χ2n) is 1.10. The van der Waals surface area contributed by atoms with E-state index in [1.54, 1.807) is 0 Å². The molecule has 40 valence electrons. The van der Waals surface area contributed by atoms with E-state index in [1.165, 1.54) is 6.42 Å². The number of hydrogen-bond donors (Lipinski definition) is 1. The Balaban J connectivity index is 0. The molecule has 0 spiro atoms. The minimum absolute atomic E-state index is 0. The number of halogens is 1. The molecule has 0 amide bonds. The number of rotatable bonds is 2. The summed E-state index contributed by atoms with van der Waals surface area (Å²) in [5.41, 5.74) is 0. The summed E-state index contributed by atoms with van der Waals surface area (Å²) in [7, 11) is 1.96. The second kappa shape index (κ2) is 9.19. The Hall–Kier alpha value is 0.690. The van der Waals surface area contributed by atoms with Crippen LogP contribution in [-0.2, 0) is 0 Å². The Morgan fingerprint density at radius 2 is 2.00 bits per heavy atom. The molecule has 0 aromatic heterocycles. The van der Waals surface area contributed by atoms with Crippen LogP contribution in [0, 0.1) is 0 Å². The smallest absolute Gasteiger partial charge is 0.00546 e. The van der Waals surface area contributed by atoms with E-state index in [4.69, 9.17) is 0 Å². The lowest BCUT2D eigenvalue weighted by atomic mass is 10.5. The van der Waals surface area contributed by atoms with Crippen LogP contribution < -0.4 is 5.32 Å². The van der Waals surface area contributed by atoms with Crippen molar-refractivity contribution < 1.29 is 0 Å². The van der Waals surface area contributed by atoms with Crippen molar-refractivity contribution in [2.45, 2.75) is 13.3 Å². The van der Waals surface area contributed by atoms with Crippen molar-refractivity contribution in [3.05, 3.63) is 0 Å². The van der Waals surface area contributed by atoms with Gasteiger partial charge in [0.05, 0.1) is 0 Å². The minimum atomic E-state index is 0. The SMILES string of the molecule is CCCNC.I. The molecule has 0 bridgehead atoms. The maximum absolute atomic E-state index is 3.02. The molecule has 1 N–H and O–H groups in total. The Labute approximate surface area is 56.5 Å². The average molecular weight is 201 g/mol. The van der Waals surface area contributed by atoms with Crippen LogP contribution in [0.15, 0.2) is 0 Å². The molecule has 0 aliphatic heterocycles. The van der Waals surface area contributed by atoms with Gasteiger partial charge in [-0.1, -0.05) is 6.92 Å². The van der Waals surface area contributed by atoms with E-state index in [-0.39, 0.29) is 24.0 Å². The van der Waals surface area contributed by atoms with Gasteiger partial charge in [0.2, 0.25) is 0 Å². The van der Waals surface area contributed by atoms with E-state index in [2.05, 4.69) is 12.2 Å². The van der Waals surface area contributed by atoms with Crippen molar-refractivity contribution in [1.82, 2.24) is 5.32 Å². The van der Waals surface area contributed by atoms with Crippen LogP contribution in [0.3, 0.4) is 0 Å². The molecule has 2 heteroatoms. The summed E-state index contributed by atoms with van der Waals surface area (Å²) >= 11 is 0. The van der Waals surface area contributed by atoms with Gasteiger partial charge in [0.25, 0.3) is 0 Å². The fraction of sp³-hybridized carbons (Fsp3) is 1.00. The predicted molar refractivity (Wildman–Crippen MR) is 39.6 cm³/mol. The van der Waals surface area contributed by atoms with Crippen LogP contribution in [-0.4, -0.2) is 13.6 Å². The molecular weight excluding hydrogens is 189 g/mol. The highest BCUT2D eigenvalue weighted by Crippen LogP contribution is 1.62. The van der Waals surface area contributed by atoms with E-state index in [0.29, 0.717) is 0 Å². The third-order valence-corrected chi connectivity index (χ3v) is 0.500. The van der Waals surface area contributed by atoms with E-state index < -0.39 is 0 Å². The first-order valence-electron chi connectivity index (χ1n) is 2.06. The van der Waals surface area contributed by atoms with E-state index in [9.17, 15) is 0 Å². The van der Waals surface area contributed by atoms with Crippen molar-refractivity contribution in [2.24, 2.45) is 0 Å². The topological polar surface area (TPSA) is 12.0 Å². The average Bonchev–Trinajstić information content (AvgIpc) is 1.41. The molecule has 0 saturated carbocycles. The van der Waals surface area contributed by atoms with Gasteiger partial charge < -0.3 is 5.32 Å². The second-order valence-corrected chi connectivity index (χ2v) is 1.10. The van der Waals surface area contributed by atoms with Gasteiger partial charge in [0.1, 0.15) is 0 Å². The standard InChI is InChI=1S/C4H11N.HI/c1-3-4-5-2;/h5H,3-4H2,1-2H3;1H. The van der Waals surface area contributed by atoms with Gasteiger partial charge in [-0.2, -0.15) is 0 Å². The number of hydrogen-bond acceptors (Lipinski definition) is 1. The fourth-order valence-corrected chi connectivity index (χ4v) is 0.250. The van der Waals surface area contributed by atoms with Crippen molar-refractivity contribution >= 4 is 24.0 Å². The summed E-state index contributed by atoms with van der Waals surface area (Å²) in [6.45, 7) is 3.29. The van der Waals surface area contributed by atoms with Gasteiger partial charge in [0, 0.05) is 0 Å². The van der Waals surface area contributed by atoms with E-state index in [0.717, 1.165) is 6.54 Å². The molecule has 0 fully saturated rings. The molecule has 0 atom stereocenters. The molecule has 0 heterocycles. The molecule has 0 aromatic rings. The lowest BCUT2D eigenvalue weighted by Gasteiger charge is -1.84. The maximum Gasteiger partial charge on any atom is -0.00546 e. The molecule has 6 heavy (non-hydrogen) atoms. The molecule has 0 unspecified atom stereocenters. The maximum atomic E-state index is 3.02. The molecule has 1 nitrogen and oxygen atoms in total. The molecule has 0 aromatic carbocycles. The Morgan fingerprint density at radius 3 is 2.00 bits per heavy atom. The molecule has 0 aliphatic carbocycles.